The smallest absolute Gasteiger partial charge is 0.256 e. The van der Waals surface area contributed by atoms with Crippen LogP contribution in [0.1, 0.15) is 33.1 Å². The molecule has 0 radical (unpaired) electrons. The first-order valence-electron chi connectivity index (χ1n) is 5.07. The van der Waals surface area contributed by atoms with Crippen LogP contribution in [0.4, 0.5) is 5.88 Å². The number of nitrogens with one attached hydrogen (secondary N) is 1. The Morgan fingerprint density at radius 2 is 2.14 bits per heavy atom. The second-order valence-electron chi connectivity index (χ2n) is 4.00. The molecular formula is C9H16N4O. The third kappa shape index (κ3) is 1.54. The highest BCUT2D eigenvalue weighted by Gasteiger charge is 2.32. The summed E-state index contributed by atoms with van der Waals surface area (Å²) in [4.78, 5) is 1.66. The Morgan fingerprint density at radius 1 is 1.50 bits per heavy atom. The SMILES string of the molecule is CC1CCCC(C)N1[n+]1cc([NH-])on1. The van der Waals surface area contributed by atoms with Gasteiger partial charge in [-0.1, -0.05) is 0 Å². The summed E-state index contributed by atoms with van der Waals surface area (Å²) in [5.41, 5.74) is 7.29. The van der Waals surface area contributed by atoms with Crippen LogP contribution in [0.25, 0.3) is 5.73 Å². The zero-order valence-electron chi connectivity index (χ0n) is 8.60. The summed E-state index contributed by atoms with van der Waals surface area (Å²) in [7, 11) is 0. The first kappa shape index (κ1) is 9.30. The molecule has 0 saturated carbocycles. The summed E-state index contributed by atoms with van der Waals surface area (Å²) in [6.07, 6.45) is 5.23. The van der Waals surface area contributed by atoms with Gasteiger partial charge in [-0.15, -0.1) is 5.01 Å². The van der Waals surface area contributed by atoms with Crippen LogP contribution in [-0.4, -0.2) is 17.4 Å². The quantitative estimate of drug-likeness (QED) is 0.640. The number of hydrogen-bond donors (Lipinski definition) is 0. The Balaban J connectivity index is 2.22. The van der Waals surface area contributed by atoms with Crippen LogP contribution < -0.4 is 9.80 Å². The minimum atomic E-state index is 0.106. The monoisotopic (exact) mass is 196 g/mol. The molecule has 5 heteroatoms. The van der Waals surface area contributed by atoms with Gasteiger partial charge in [-0.25, -0.2) is 0 Å². The van der Waals surface area contributed by atoms with Gasteiger partial charge in [0.1, 0.15) is 5.88 Å². The molecule has 2 atom stereocenters. The fourth-order valence-electron chi connectivity index (χ4n) is 2.16. The van der Waals surface area contributed by atoms with E-state index in [1.54, 1.807) is 11.0 Å². The highest BCUT2D eigenvalue weighted by atomic mass is 16.5. The van der Waals surface area contributed by atoms with Crippen LogP contribution in [0.3, 0.4) is 0 Å². The number of rotatable bonds is 1. The summed E-state index contributed by atoms with van der Waals surface area (Å²) in [5.74, 6) is 0.106. The van der Waals surface area contributed by atoms with Gasteiger partial charge < -0.3 is 10.3 Å². The molecule has 1 aromatic rings. The molecule has 1 saturated heterocycles. The van der Waals surface area contributed by atoms with Crippen LogP contribution in [0.5, 0.6) is 0 Å². The second-order valence-corrected chi connectivity index (χ2v) is 4.00. The Morgan fingerprint density at radius 3 is 2.64 bits per heavy atom. The van der Waals surface area contributed by atoms with Crippen molar-refractivity contribution < 1.29 is 9.31 Å². The maximum Gasteiger partial charge on any atom is 0.256 e. The maximum atomic E-state index is 7.29. The average molecular weight is 196 g/mol. The third-order valence-electron chi connectivity index (χ3n) is 2.84. The molecule has 1 aliphatic heterocycles. The fourth-order valence-corrected chi connectivity index (χ4v) is 2.16. The lowest BCUT2D eigenvalue weighted by molar-refractivity contribution is -0.765. The van der Waals surface area contributed by atoms with Crippen molar-refractivity contribution in [2.75, 3.05) is 5.01 Å². The van der Waals surface area contributed by atoms with Crippen molar-refractivity contribution in [1.29, 1.82) is 0 Å². The second kappa shape index (κ2) is 3.48. The third-order valence-corrected chi connectivity index (χ3v) is 2.84. The predicted molar refractivity (Wildman–Crippen MR) is 51.7 cm³/mol. The minimum absolute atomic E-state index is 0.106. The number of aromatic nitrogens is 2. The lowest BCUT2D eigenvalue weighted by Crippen LogP contribution is -2.67. The summed E-state index contributed by atoms with van der Waals surface area (Å²) in [6, 6.07) is 0.932. The first-order chi connectivity index (χ1) is 6.68. The van der Waals surface area contributed by atoms with Gasteiger partial charge in [-0.3, -0.25) is 0 Å². The van der Waals surface area contributed by atoms with Crippen molar-refractivity contribution >= 4 is 5.88 Å². The zero-order valence-corrected chi connectivity index (χ0v) is 8.60. The molecule has 0 spiro atoms. The van der Waals surface area contributed by atoms with Crippen LogP contribution >= 0.6 is 0 Å². The van der Waals surface area contributed by atoms with Gasteiger partial charge in [0.15, 0.2) is 0 Å². The van der Waals surface area contributed by atoms with Gasteiger partial charge in [0.25, 0.3) is 6.20 Å². The summed E-state index contributed by atoms with van der Waals surface area (Å²) < 4.78 is 4.75. The van der Waals surface area contributed by atoms with E-state index < -0.39 is 0 Å². The van der Waals surface area contributed by atoms with E-state index in [-0.39, 0.29) is 5.88 Å². The number of piperidine rings is 1. The molecule has 1 N–H and O–H groups in total. The molecular weight excluding hydrogens is 180 g/mol. The molecule has 0 amide bonds. The first-order valence-corrected chi connectivity index (χ1v) is 5.07. The molecule has 0 aromatic carbocycles. The molecule has 1 aliphatic rings. The Labute approximate surface area is 83.4 Å². The summed E-state index contributed by atoms with van der Waals surface area (Å²) in [5, 5.41) is 5.99. The lowest BCUT2D eigenvalue weighted by Gasteiger charge is -2.31. The van der Waals surface area contributed by atoms with E-state index in [1.807, 2.05) is 0 Å². The molecule has 2 heterocycles. The number of nitrogens with zero attached hydrogens (tertiary/aromatic N) is 3. The normalized spacial score (nSPS) is 28.0. The Kier molecular flexibility index (Phi) is 2.31. The molecule has 2 rings (SSSR count). The van der Waals surface area contributed by atoms with Gasteiger partial charge in [-0.2, -0.15) is 0 Å². The highest BCUT2D eigenvalue weighted by Crippen LogP contribution is 2.18. The molecule has 2 unspecified atom stereocenters. The maximum absolute atomic E-state index is 7.29. The topological polar surface area (TPSA) is 57.0 Å². The van der Waals surface area contributed by atoms with E-state index >= 15 is 0 Å². The van der Waals surface area contributed by atoms with E-state index in [0.29, 0.717) is 12.1 Å². The van der Waals surface area contributed by atoms with Crippen LogP contribution in [0.15, 0.2) is 10.7 Å². The van der Waals surface area contributed by atoms with E-state index in [9.17, 15) is 0 Å². The van der Waals surface area contributed by atoms with Crippen molar-refractivity contribution in [3.8, 4) is 0 Å². The molecule has 5 nitrogen and oxygen atoms in total. The molecule has 1 aromatic heterocycles. The van der Waals surface area contributed by atoms with E-state index in [0.717, 1.165) is 0 Å². The van der Waals surface area contributed by atoms with Crippen molar-refractivity contribution in [3.05, 3.63) is 11.9 Å². The van der Waals surface area contributed by atoms with E-state index in [4.69, 9.17) is 10.3 Å². The van der Waals surface area contributed by atoms with E-state index in [2.05, 4.69) is 24.1 Å². The zero-order chi connectivity index (χ0) is 10.1. The standard InChI is InChI=1S/C9H16N4O/c1-7-4-3-5-8(2)13(7)12-6-9(10)14-11-12/h6-8,10H,3-5H2,1-2H3. The van der Waals surface area contributed by atoms with Crippen molar-refractivity contribution in [1.82, 2.24) is 5.27 Å². The fraction of sp³-hybridized carbons (Fsp3) is 0.778. The lowest BCUT2D eigenvalue weighted by atomic mass is 10.00. The summed E-state index contributed by atoms with van der Waals surface area (Å²) >= 11 is 0. The predicted octanol–water partition coefficient (Wildman–Crippen LogP) is 1.54. The Hall–Kier alpha value is -1.26. The van der Waals surface area contributed by atoms with Gasteiger partial charge in [0.05, 0.1) is 16.9 Å². The van der Waals surface area contributed by atoms with E-state index in [1.165, 1.54) is 19.3 Å². The van der Waals surface area contributed by atoms with Crippen molar-refractivity contribution in [2.24, 2.45) is 0 Å². The minimum Gasteiger partial charge on any atom is -0.660 e. The largest absolute Gasteiger partial charge is 0.660 e. The molecule has 78 valence electrons. The van der Waals surface area contributed by atoms with Crippen LogP contribution in [0, 0.1) is 0 Å². The molecule has 0 bridgehead atoms. The molecule has 14 heavy (non-hydrogen) atoms. The van der Waals surface area contributed by atoms with Crippen molar-refractivity contribution in [3.63, 3.8) is 0 Å². The van der Waals surface area contributed by atoms with Gasteiger partial charge in [-0.05, 0) is 33.1 Å². The van der Waals surface area contributed by atoms with Crippen molar-refractivity contribution in [2.45, 2.75) is 45.2 Å². The van der Waals surface area contributed by atoms with Crippen LogP contribution in [0.2, 0.25) is 0 Å². The summed E-state index contributed by atoms with van der Waals surface area (Å²) in [6.45, 7) is 4.36. The van der Waals surface area contributed by atoms with Gasteiger partial charge in [0, 0.05) is 0 Å². The highest BCUT2D eigenvalue weighted by molar-refractivity contribution is 5.19. The Bertz CT molecular complexity index is 302. The van der Waals surface area contributed by atoms with Crippen LogP contribution in [-0.2, 0) is 0 Å². The molecule has 1 fully saturated rings. The molecule has 0 aliphatic carbocycles. The average Bonchev–Trinajstić information content (AvgIpc) is 2.51. The van der Waals surface area contributed by atoms with Gasteiger partial charge >= 0.3 is 0 Å². The number of hydrogen-bond acceptors (Lipinski definition) is 3. The van der Waals surface area contributed by atoms with Gasteiger partial charge in [0.2, 0.25) is 5.27 Å².